The van der Waals surface area contributed by atoms with Crippen molar-refractivity contribution in [1.29, 1.82) is 0 Å². The summed E-state index contributed by atoms with van der Waals surface area (Å²) in [5.41, 5.74) is 2.24. The topological polar surface area (TPSA) is 42.4 Å². The summed E-state index contributed by atoms with van der Waals surface area (Å²) in [6.45, 7) is 3.29. The molecule has 1 aliphatic heterocycles. The molecule has 4 nitrogen and oxygen atoms in total. The van der Waals surface area contributed by atoms with Gasteiger partial charge in [-0.3, -0.25) is 9.78 Å². The van der Waals surface area contributed by atoms with Gasteiger partial charge in [0.2, 0.25) is 0 Å². The normalized spacial score (nSPS) is 16.4. The molecule has 0 radical (unpaired) electrons. The van der Waals surface area contributed by atoms with Crippen LogP contribution < -0.4 is 4.90 Å². The van der Waals surface area contributed by atoms with Crippen LogP contribution in [-0.2, 0) is 9.53 Å². The number of anilines is 1. The number of fused-ring (bicyclic) bond motifs is 1. The minimum atomic E-state index is -0.183. The molecule has 3 rings (SSSR count). The Morgan fingerprint density at radius 3 is 2.75 bits per heavy atom. The highest BCUT2D eigenvalue weighted by Gasteiger charge is 2.22. The quantitative estimate of drug-likeness (QED) is 0.787. The molecule has 0 aliphatic carbocycles. The lowest BCUT2D eigenvalue weighted by molar-refractivity contribution is -0.147. The Labute approximate surface area is 118 Å². The van der Waals surface area contributed by atoms with Crippen LogP contribution in [0.2, 0.25) is 0 Å². The number of hydrogen-bond donors (Lipinski definition) is 0. The molecule has 0 saturated carbocycles. The lowest BCUT2D eigenvalue weighted by atomic mass is 10.1. The van der Waals surface area contributed by atoms with Gasteiger partial charge in [0, 0.05) is 50.1 Å². The number of piperidine rings is 1. The molecule has 1 saturated heterocycles. The maximum absolute atomic E-state index is 11.0. The maximum Gasteiger partial charge on any atom is 0.302 e. The van der Waals surface area contributed by atoms with Crippen LogP contribution in [0.5, 0.6) is 0 Å². The fourth-order valence-corrected chi connectivity index (χ4v) is 2.81. The Kier molecular flexibility index (Phi) is 3.54. The van der Waals surface area contributed by atoms with Crippen LogP contribution in [0, 0.1) is 0 Å². The van der Waals surface area contributed by atoms with E-state index in [0.29, 0.717) is 0 Å². The van der Waals surface area contributed by atoms with Crippen LogP contribution in [0.1, 0.15) is 19.8 Å². The number of para-hydroxylation sites is 1. The second-order valence-corrected chi connectivity index (χ2v) is 5.14. The van der Waals surface area contributed by atoms with Crippen molar-refractivity contribution in [3.8, 4) is 0 Å². The Bertz CT molecular complexity index is 613. The Balaban J connectivity index is 1.78. The monoisotopic (exact) mass is 270 g/mol. The van der Waals surface area contributed by atoms with E-state index < -0.39 is 0 Å². The van der Waals surface area contributed by atoms with Crippen molar-refractivity contribution in [2.24, 2.45) is 0 Å². The summed E-state index contributed by atoms with van der Waals surface area (Å²) in [7, 11) is 0. The van der Waals surface area contributed by atoms with Gasteiger partial charge in [0.25, 0.3) is 0 Å². The number of ether oxygens (including phenoxy) is 1. The van der Waals surface area contributed by atoms with Crippen LogP contribution >= 0.6 is 0 Å². The Hall–Kier alpha value is -2.10. The zero-order valence-corrected chi connectivity index (χ0v) is 11.6. The average molecular weight is 270 g/mol. The Morgan fingerprint density at radius 2 is 2.00 bits per heavy atom. The predicted molar refractivity (Wildman–Crippen MR) is 78.7 cm³/mol. The molecule has 1 aliphatic rings. The summed E-state index contributed by atoms with van der Waals surface area (Å²) in [6, 6.07) is 10.2. The summed E-state index contributed by atoms with van der Waals surface area (Å²) in [6.07, 6.45) is 3.69. The van der Waals surface area contributed by atoms with Crippen LogP contribution in [0.3, 0.4) is 0 Å². The van der Waals surface area contributed by atoms with Gasteiger partial charge in [-0.1, -0.05) is 18.2 Å². The van der Waals surface area contributed by atoms with E-state index in [4.69, 9.17) is 4.74 Å². The Morgan fingerprint density at radius 1 is 1.25 bits per heavy atom. The second kappa shape index (κ2) is 5.49. The molecular formula is C16H18N2O2. The van der Waals surface area contributed by atoms with Crippen molar-refractivity contribution < 1.29 is 9.53 Å². The fraction of sp³-hybridized carbons (Fsp3) is 0.375. The molecule has 1 aromatic carbocycles. The second-order valence-electron chi connectivity index (χ2n) is 5.14. The van der Waals surface area contributed by atoms with E-state index in [9.17, 15) is 4.79 Å². The molecule has 2 heterocycles. The number of carbonyl (C=O) groups excluding carboxylic acids is 1. The molecule has 20 heavy (non-hydrogen) atoms. The first-order chi connectivity index (χ1) is 9.74. The van der Waals surface area contributed by atoms with Gasteiger partial charge in [0.15, 0.2) is 0 Å². The minimum absolute atomic E-state index is 0.0665. The van der Waals surface area contributed by atoms with Crippen molar-refractivity contribution in [3.63, 3.8) is 0 Å². The third kappa shape index (κ3) is 2.59. The molecule has 104 valence electrons. The highest BCUT2D eigenvalue weighted by atomic mass is 16.5. The first kappa shape index (κ1) is 12.9. The number of rotatable bonds is 2. The predicted octanol–water partition coefficient (Wildman–Crippen LogP) is 2.77. The standard InChI is InChI=1S/C16H18N2O2/c1-12(19)20-13-7-10-18(11-8-13)16-6-9-17-15-5-3-2-4-14(15)16/h2-6,9,13H,7-8,10-11H2,1H3. The molecule has 1 aromatic heterocycles. The smallest absolute Gasteiger partial charge is 0.302 e. The summed E-state index contributed by atoms with van der Waals surface area (Å²) >= 11 is 0. The van der Waals surface area contributed by atoms with Crippen LogP contribution in [-0.4, -0.2) is 30.1 Å². The number of pyridine rings is 1. The van der Waals surface area contributed by atoms with Gasteiger partial charge in [0.05, 0.1) is 5.52 Å². The summed E-state index contributed by atoms with van der Waals surface area (Å²) < 4.78 is 5.28. The first-order valence-electron chi connectivity index (χ1n) is 7.00. The largest absolute Gasteiger partial charge is 0.462 e. The molecule has 1 fully saturated rings. The number of benzene rings is 1. The van der Waals surface area contributed by atoms with Crippen molar-refractivity contribution in [2.45, 2.75) is 25.9 Å². The zero-order valence-electron chi connectivity index (χ0n) is 11.6. The van der Waals surface area contributed by atoms with Gasteiger partial charge in [-0.05, 0) is 12.1 Å². The van der Waals surface area contributed by atoms with Crippen molar-refractivity contribution >= 4 is 22.6 Å². The number of nitrogens with zero attached hydrogens (tertiary/aromatic N) is 2. The number of hydrogen-bond acceptors (Lipinski definition) is 4. The van der Waals surface area contributed by atoms with E-state index in [1.165, 1.54) is 18.0 Å². The molecular weight excluding hydrogens is 252 g/mol. The summed E-state index contributed by atoms with van der Waals surface area (Å²) in [5, 5.41) is 1.18. The van der Waals surface area contributed by atoms with Gasteiger partial charge in [-0.15, -0.1) is 0 Å². The van der Waals surface area contributed by atoms with Crippen LogP contribution in [0.4, 0.5) is 5.69 Å². The van der Waals surface area contributed by atoms with Crippen molar-refractivity contribution in [1.82, 2.24) is 4.98 Å². The first-order valence-corrected chi connectivity index (χ1v) is 7.00. The van der Waals surface area contributed by atoms with Gasteiger partial charge >= 0.3 is 5.97 Å². The number of carbonyl (C=O) groups is 1. The molecule has 0 atom stereocenters. The zero-order chi connectivity index (χ0) is 13.9. The maximum atomic E-state index is 11.0. The third-order valence-corrected chi connectivity index (χ3v) is 3.74. The van der Waals surface area contributed by atoms with E-state index in [-0.39, 0.29) is 12.1 Å². The molecule has 0 bridgehead atoms. The average Bonchev–Trinajstić information content (AvgIpc) is 2.47. The molecule has 4 heteroatoms. The highest BCUT2D eigenvalue weighted by Crippen LogP contribution is 2.28. The van der Waals surface area contributed by atoms with Gasteiger partial charge in [-0.2, -0.15) is 0 Å². The van der Waals surface area contributed by atoms with Crippen LogP contribution in [0.25, 0.3) is 10.9 Å². The summed E-state index contributed by atoms with van der Waals surface area (Å²) in [4.78, 5) is 17.7. The molecule has 2 aromatic rings. The number of aromatic nitrogens is 1. The van der Waals surface area contributed by atoms with Crippen molar-refractivity contribution in [2.75, 3.05) is 18.0 Å². The minimum Gasteiger partial charge on any atom is -0.462 e. The highest BCUT2D eigenvalue weighted by molar-refractivity contribution is 5.91. The molecule has 0 unspecified atom stereocenters. The lowest BCUT2D eigenvalue weighted by Crippen LogP contribution is -2.37. The van der Waals surface area contributed by atoms with Gasteiger partial charge in [0.1, 0.15) is 6.10 Å². The molecule has 0 spiro atoms. The van der Waals surface area contributed by atoms with Crippen LogP contribution in [0.15, 0.2) is 36.5 Å². The van der Waals surface area contributed by atoms with Gasteiger partial charge < -0.3 is 9.64 Å². The molecule has 0 amide bonds. The van der Waals surface area contributed by atoms with E-state index in [1.54, 1.807) is 0 Å². The summed E-state index contributed by atoms with van der Waals surface area (Å²) in [5.74, 6) is -0.183. The van der Waals surface area contributed by atoms with Gasteiger partial charge in [-0.25, -0.2) is 0 Å². The third-order valence-electron chi connectivity index (χ3n) is 3.74. The number of esters is 1. The van der Waals surface area contributed by atoms with E-state index >= 15 is 0 Å². The van der Waals surface area contributed by atoms with E-state index in [0.717, 1.165) is 31.4 Å². The lowest BCUT2D eigenvalue weighted by Gasteiger charge is -2.33. The van der Waals surface area contributed by atoms with E-state index in [2.05, 4.69) is 22.0 Å². The van der Waals surface area contributed by atoms with E-state index in [1.807, 2.05) is 24.4 Å². The van der Waals surface area contributed by atoms with Crippen molar-refractivity contribution in [3.05, 3.63) is 36.5 Å². The SMILES string of the molecule is CC(=O)OC1CCN(c2ccnc3ccccc23)CC1. The molecule has 0 N–H and O–H groups in total. The fourth-order valence-electron chi connectivity index (χ4n) is 2.81.